The van der Waals surface area contributed by atoms with E-state index in [0.717, 1.165) is 30.8 Å². The van der Waals surface area contributed by atoms with E-state index in [2.05, 4.69) is 20.5 Å². The quantitative estimate of drug-likeness (QED) is 0.241. The van der Waals surface area contributed by atoms with Crippen LogP contribution in [0.1, 0.15) is 53.1 Å². The highest BCUT2D eigenvalue weighted by Crippen LogP contribution is 2.49. The summed E-state index contributed by atoms with van der Waals surface area (Å²) < 4.78 is 99.5. The molecule has 0 unspecified atom stereocenters. The fraction of sp³-hybridized carbons (Fsp3) is 0.414. The maximum absolute atomic E-state index is 14.8. The van der Waals surface area contributed by atoms with E-state index in [1.165, 1.54) is 26.2 Å². The molecule has 1 fully saturated rings. The third-order valence-corrected chi connectivity index (χ3v) is 8.36. The van der Waals surface area contributed by atoms with Crippen molar-refractivity contribution in [1.29, 1.82) is 0 Å². The molecule has 2 aliphatic rings. The maximum Gasteiger partial charge on any atom is 0.435 e. The Labute approximate surface area is 261 Å². The largest absolute Gasteiger partial charge is 0.494 e. The van der Waals surface area contributed by atoms with Crippen molar-refractivity contribution in [2.24, 2.45) is 12.8 Å². The lowest BCUT2D eigenvalue weighted by molar-refractivity contribution is -0.265. The van der Waals surface area contributed by atoms with Crippen LogP contribution in [-0.4, -0.2) is 67.9 Å². The smallest absolute Gasteiger partial charge is 0.435 e. The Balaban J connectivity index is 1.44. The van der Waals surface area contributed by atoms with Gasteiger partial charge in [-0.05, 0) is 38.0 Å². The Hall–Kier alpha value is -4.87. The summed E-state index contributed by atoms with van der Waals surface area (Å²) in [5.41, 5.74) is -4.51. The molecular formula is C29H27F6N7O5. The first-order valence-electron chi connectivity index (χ1n) is 14.1. The van der Waals surface area contributed by atoms with Crippen LogP contribution in [0.3, 0.4) is 0 Å². The summed E-state index contributed by atoms with van der Waals surface area (Å²) in [7, 11) is 2.49. The molecule has 0 radical (unpaired) electrons. The summed E-state index contributed by atoms with van der Waals surface area (Å²) >= 11 is 0. The molecule has 2 amide bonds. The zero-order chi connectivity index (χ0) is 34.3. The summed E-state index contributed by atoms with van der Waals surface area (Å²) in [5, 5.41) is 21.7. The molecule has 0 bridgehead atoms. The van der Waals surface area contributed by atoms with Crippen LogP contribution in [0.25, 0.3) is 22.2 Å². The zero-order valence-electron chi connectivity index (χ0n) is 25.0. The van der Waals surface area contributed by atoms with Gasteiger partial charge in [-0.1, -0.05) is 0 Å². The molecule has 4 heterocycles. The summed E-state index contributed by atoms with van der Waals surface area (Å²) in [5.74, 6) is -2.34. The molecule has 4 aromatic rings. The van der Waals surface area contributed by atoms with Gasteiger partial charge >= 0.3 is 12.4 Å². The van der Waals surface area contributed by atoms with Gasteiger partial charge in [0.1, 0.15) is 34.7 Å². The van der Waals surface area contributed by atoms with Gasteiger partial charge in [0.25, 0.3) is 5.91 Å². The first-order valence-corrected chi connectivity index (χ1v) is 14.1. The normalized spacial score (nSPS) is 19.3. The van der Waals surface area contributed by atoms with Crippen molar-refractivity contribution in [2.75, 3.05) is 20.3 Å². The Morgan fingerprint density at radius 3 is 2.45 bits per heavy atom. The topological polar surface area (TPSA) is 159 Å². The van der Waals surface area contributed by atoms with E-state index in [1.807, 2.05) is 0 Å². The van der Waals surface area contributed by atoms with Gasteiger partial charge in [0.2, 0.25) is 11.5 Å². The predicted molar refractivity (Wildman–Crippen MR) is 150 cm³/mol. The van der Waals surface area contributed by atoms with Crippen molar-refractivity contribution in [2.45, 2.75) is 49.2 Å². The van der Waals surface area contributed by atoms with Crippen LogP contribution in [0.15, 0.2) is 30.6 Å². The van der Waals surface area contributed by atoms with Gasteiger partial charge in [0, 0.05) is 36.0 Å². The molecule has 0 spiro atoms. The molecule has 1 aliphatic carbocycles. The molecule has 0 saturated heterocycles. The van der Waals surface area contributed by atoms with Crippen molar-refractivity contribution < 1.29 is 50.5 Å². The standard InChI is InChI=1S/C29H27F6N7O5/c1-26(25(36)44)12-47-22-17(26)8-19(38-21(22)16-10-41(2)40-23(16)28(30,31)32)27(45,29(33,34)35)11-37-24(43)13-6-14-9-42(15-4-5-15)39-20(14)18(7-13)46-3/h6-10,15,45H,4-5,11-12H2,1-3H3,(H2,36,44)(H,37,43)/t26-,27-/m0/s1. The van der Waals surface area contributed by atoms with Crippen LogP contribution in [0.4, 0.5) is 26.3 Å². The lowest BCUT2D eigenvalue weighted by atomic mass is 9.81. The average Bonchev–Trinajstić information content (AvgIpc) is 3.47. The number of nitrogens with zero attached hydrogens (tertiary/aromatic N) is 5. The number of aromatic nitrogens is 5. The summed E-state index contributed by atoms with van der Waals surface area (Å²) in [4.78, 5) is 29.5. The van der Waals surface area contributed by atoms with E-state index < -0.39 is 76.7 Å². The van der Waals surface area contributed by atoms with E-state index >= 15 is 0 Å². The van der Waals surface area contributed by atoms with Crippen LogP contribution < -0.4 is 20.5 Å². The Kier molecular flexibility index (Phi) is 7.22. The molecule has 1 aliphatic heterocycles. The molecule has 2 atom stereocenters. The third-order valence-electron chi connectivity index (χ3n) is 8.36. The second-order valence-electron chi connectivity index (χ2n) is 11.8. The molecule has 1 saturated carbocycles. The van der Waals surface area contributed by atoms with Crippen LogP contribution in [0.5, 0.6) is 11.5 Å². The predicted octanol–water partition coefficient (Wildman–Crippen LogP) is 3.51. The van der Waals surface area contributed by atoms with Crippen LogP contribution in [0.2, 0.25) is 0 Å². The van der Waals surface area contributed by atoms with Gasteiger partial charge in [-0.3, -0.25) is 19.0 Å². The number of carbonyl (C=O) groups is 2. The number of benzene rings is 1. The average molecular weight is 668 g/mol. The molecule has 4 N–H and O–H groups in total. The van der Waals surface area contributed by atoms with Crippen LogP contribution in [0, 0.1) is 0 Å². The lowest BCUT2D eigenvalue weighted by Crippen LogP contribution is -2.51. The van der Waals surface area contributed by atoms with E-state index in [9.17, 15) is 41.0 Å². The number of nitrogens with one attached hydrogen (secondary N) is 1. The third kappa shape index (κ3) is 5.29. The van der Waals surface area contributed by atoms with E-state index in [4.69, 9.17) is 15.2 Å². The number of pyridine rings is 1. The minimum absolute atomic E-state index is 0.114. The first kappa shape index (κ1) is 32.1. The van der Waals surface area contributed by atoms with Crippen molar-refractivity contribution in [3.8, 4) is 22.8 Å². The summed E-state index contributed by atoms with van der Waals surface area (Å²) in [6.07, 6.45) is -6.24. The van der Waals surface area contributed by atoms with Crippen molar-refractivity contribution >= 4 is 22.7 Å². The number of nitrogens with two attached hydrogens (primary N) is 1. The molecule has 12 nitrogen and oxygen atoms in total. The van der Waals surface area contributed by atoms with Gasteiger partial charge in [-0.2, -0.15) is 36.5 Å². The number of ether oxygens (including phenoxy) is 2. The lowest BCUT2D eigenvalue weighted by Gasteiger charge is -2.31. The highest BCUT2D eigenvalue weighted by molar-refractivity contribution is 6.00. The highest BCUT2D eigenvalue weighted by Gasteiger charge is 2.58. The van der Waals surface area contributed by atoms with Crippen molar-refractivity contribution in [3.05, 3.63) is 53.1 Å². The monoisotopic (exact) mass is 667 g/mol. The second kappa shape index (κ2) is 10.6. The molecule has 6 rings (SSSR count). The fourth-order valence-corrected chi connectivity index (χ4v) is 5.43. The van der Waals surface area contributed by atoms with Crippen molar-refractivity contribution in [1.82, 2.24) is 29.9 Å². The van der Waals surface area contributed by atoms with Gasteiger partial charge in [0.05, 0.1) is 31.0 Å². The van der Waals surface area contributed by atoms with Gasteiger partial charge in [0.15, 0.2) is 5.69 Å². The molecule has 250 valence electrons. The molecule has 18 heteroatoms. The molecule has 1 aromatic carbocycles. The second-order valence-corrected chi connectivity index (χ2v) is 11.8. The number of aryl methyl sites for hydroxylation is 1. The number of hydrogen-bond acceptors (Lipinski definition) is 8. The Bertz CT molecular complexity index is 1930. The number of primary amides is 1. The SMILES string of the molecule is COc1cc(C(=O)NC[C@](O)(c2cc3c(c(-c4cn(C)nc4C(F)(F)F)n2)OC[C@]3(C)C(N)=O)C(F)(F)F)cc2cn(C3CC3)nc12. The van der Waals surface area contributed by atoms with Gasteiger partial charge in [-0.15, -0.1) is 0 Å². The minimum Gasteiger partial charge on any atom is -0.494 e. The maximum atomic E-state index is 14.8. The number of rotatable bonds is 8. The number of methoxy groups -OCH3 is 1. The van der Waals surface area contributed by atoms with E-state index in [1.54, 1.807) is 10.9 Å². The number of alkyl halides is 6. The van der Waals surface area contributed by atoms with Crippen LogP contribution in [-0.2, 0) is 29.0 Å². The number of carbonyl (C=O) groups excluding carboxylic acids is 2. The minimum atomic E-state index is -5.55. The Morgan fingerprint density at radius 2 is 1.85 bits per heavy atom. The number of amides is 2. The molecule has 47 heavy (non-hydrogen) atoms. The van der Waals surface area contributed by atoms with E-state index in [-0.39, 0.29) is 22.9 Å². The summed E-state index contributed by atoms with van der Waals surface area (Å²) in [6.45, 7) is -0.818. The first-order chi connectivity index (χ1) is 21.9. The van der Waals surface area contributed by atoms with Gasteiger partial charge < -0.3 is 25.6 Å². The molecular weight excluding hydrogens is 640 g/mol. The number of halogens is 6. The van der Waals surface area contributed by atoms with Gasteiger partial charge in [-0.25, -0.2) is 4.98 Å². The number of hydrogen-bond donors (Lipinski definition) is 3. The molecule has 3 aromatic heterocycles. The fourth-order valence-electron chi connectivity index (χ4n) is 5.43. The number of aliphatic hydroxyl groups is 1. The number of fused-ring (bicyclic) bond motifs is 2. The van der Waals surface area contributed by atoms with E-state index in [0.29, 0.717) is 17.0 Å². The Morgan fingerprint density at radius 1 is 1.15 bits per heavy atom. The zero-order valence-corrected chi connectivity index (χ0v) is 25.0. The van der Waals surface area contributed by atoms with Crippen LogP contribution >= 0.6 is 0 Å². The highest BCUT2D eigenvalue weighted by atomic mass is 19.4. The van der Waals surface area contributed by atoms with Crippen molar-refractivity contribution in [3.63, 3.8) is 0 Å². The summed E-state index contributed by atoms with van der Waals surface area (Å²) in [6, 6.07) is 3.56.